The Morgan fingerprint density at radius 3 is 2.23 bits per heavy atom. The molecular formula is C18H14Cl2N4O2. The van der Waals surface area contributed by atoms with Crippen molar-refractivity contribution in [2.75, 3.05) is 17.7 Å². The Morgan fingerprint density at radius 2 is 1.58 bits per heavy atom. The number of para-hydroxylation sites is 2. The fraction of sp³-hybridized carbons (Fsp3) is 0.0556. The van der Waals surface area contributed by atoms with Gasteiger partial charge in [-0.25, -0.2) is 0 Å². The fourth-order valence-electron chi connectivity index (χ4n) is 2.23. The first-order valence-electron chi connectivity index (χ1n) is 7.57. The molecule has 0 bridgehead atoms. The number of halogens is 2. The molecule has 6 nitrogen and oxygen atoms in total. The topological polar surface area (TPSA) is 76.1 Å². The zero-order valence-corrected chi connectivity index (χ0v) is 15.2. The van der Waals surface area contributed by atoms with Crippen LogP contribution in [-0.4, -0.2) is 23.2 Å². The van der Waals surface area contributed by atoms with Crippen LogP contribution < -0.4 is 15.4 Å². The van der Waals surface area contributed by atoms with Gasteiger partial charge in [0, 0.05) is 0 Å². The van der Waals surface area contributed by atoms with Crippen molar-refractivity contribution < 1.29 is 9.53 Å². The number of rotatable bonds is 5. The van der Waals surface area contributed by atoms with E-state index in [2.05, 4.69) is 20.8 Å². The smallest absolute Gasteiger partial charge is 0.260 e. The fourth-order valence-corrected chi connectivity index (χ4v) is 2.72. The van der Waals surface area contributed by atoms with Gasteiger partial charge in [-0.15, -0.1) is 10.2 Å². The van der Waals surface area contributed by atoms with Crippen LogP contribution in [0.5, 0.6) is 5.75 Å². The Labute approximate surface area is 160 Å². The lowest BCUT2D eigenvalue weighted by Crippen LogP contribution is -2.14. The third-order valence-corrected chi connectivity index (χ3v) is 4.10. The minimum Gasteiger partial charge on any atom is -0.496 e. The van der Waals surface area contributed by atoms with E-state index in [9.17, 15) is 4.79 Å². The zero-order valence-electron chi connectivity index (χ0n) is 13.7. The van der Waals surface area contributed by atoms with E-state index in [4.69, 9.17) is 27.9 Å². The largest absolute Gasteiger partial charge is 0.496 e. The Hall–Kier alpha value is -2.83. The third-order valence-electron chi connectivity index (χ3n) is 3.47. The van der Waals surface area contributed by atoms with Crippen molar-refractivity contribution in [1.82, 2.24) is 10.2 Å². The van der Waals surface area contributed by atoms with Crippen molar-refractivity contribution in [2.45, 2.75) is 0 Å². The Morgan fingerprint density at radius 1 is 0.923 bits per heavy atom. The van der Waals surface area contributed by atoms with E-state index in [0.717, 1.165) is 0 Å². The lowest BCUT2D eigenvalue weighted by Gasteiger charge is -2.10. The van der Waals surface area contributed by atoms with Gasteiger partial charge in [0.05, 0.1) is 28.4 Å². The summed E-state index contributed by atoms with van der Waals surface area (Å²) >= 11 is 12.2. The molecule has 3 rings (SSSR count). The predicted molar refractivity (Wildman–Crippen MR) is 103 cm³/mol. The number of methoxy groups -OCH3 is 1. The first-order chi connectivity index (χ1) is 12.6. The number of nitrogens with zero attached hydrogens (tertiary/aromatic N) is 2. The van der Waals surface area contributed by atoms with Crippen LogP contribution in [0.1, 0.15) is 10.4 Å². The number of ether oxygens (including phenoxy) is 1. The minimum absolute atomic E-state index is 0.303. The maximum Gasteiger partial charge on any atom is 0.260 e. The van der Waals surface area contributed by atoms with Gasteiger partial charge in [-0.1, -0.05) is 41.4 Å². The molecule has 0 spiro atoms. The molecule has 2 aromatic carbocycles. The van der Waals surface area contributed by atoms with Crippen molar-refractivity contribution in [3.05, 3.63) is 70.2 Å². The molecule has 1 aromatic heterocycles. The molecule has 0 aliphatic heterocycles. The Kier molecular flexibility index (Phi) is 5.55. The number of aromatic nitrogens is 2. The number of anilines is 3. The quantitative estimate of drug-likeness (QED) is 0.656. The summed E-state index contributed by atoms with van der Waals surface area (Å²) in [6.07, 6.45) is 0. The van der Waals surface area contributed by atoms with Crippen molar-refractivity contribution in [3.63, 3.8) is 0 Å². The highest BCUT2D eigenvalue weighted by Gasteiger charge is 2.13. The number of carbonyl (C=O) groups is 1. The second-order valence-corrected chi connectivity index (χ2v) is 5.99. The summed E-state index contributed by atoms with van der Waals surface area (Å²) in [6, 6.07) is 15.4. The van der Waals surface area contributed by atoms with Crippen molar-refractivity contribution >= 4 is 46.4 Å². The van der Waals surface area contributed by atoms with Crippen LogP contribution in [0.4, 0.5) is 17.3 Å². The average Bonchev–Trinajstić information content (AvgIpc) is 2.66. The van der Waals surface area contributed by atoms with E-state index in [1.165, 1.54) is 7.11 Å². The SMILES string of the molecule is COc1ccccc1C(=O)Nc1ccc(Nc2c(Cl)cccc2Cl)nn1. The average molecular weight is 389 g/mol. The molecule has 0 atom stereocenters. The van der Waals surface area contributed by atoms with Gasteiger partial charge in [-0.3, -0.25) is 4.79 Å². The van der Waals surface area contributed by atoms with Crippen LogP contribution in [0.3, 0.4) is 0 Å². The summed E-state index contributed by atoms with van der Waals surface area (Å²) in [5.74, 6) is 0.878. The van der Waals surface area contributed by atoms with Crippen molar-refractivity contribution in [2.24, 2.45) is 0 Å². The number of benzene rings is 2. The van der Waals surface area contributed by atoms with E-state index in [0.29, 0.717) is 38.7 Å². The molecule has 1 heterocycles. The van der Waals surface area contributed by atoms with Gasteiger partial charge in [-0.05, 0) is 36.4 Å². The molecule has 0 aliphatic carbocycles. The van der Waals surface area contributed by atoms with Crippen molar-refractivity contribution in [3.8, 4) is 5.75 Å². The third kappa shape index (κ3) is 4.04. The summed E-state index contributed by atoms with van der Waals surface area (Å²) in [6.45, 7) is 0. The van der Waals surface area contributed by atoms with Gasteiger partial charge >= 0.3 is 0 Å². The van der Waals surface area contributed by atoms with Gasteiger partial charge in [-0.2, -0.15) is 0 Å². The van der Waals surface area contributed by atoms with Gasteiger partial charge in [0.15, 0.2) is 11.6 Å². The maximum atomic E-state index is 12.3. The first-order valence-corrected chi connectivity index (χ1v) is 8.33. The zero-order chi connectivity index (χ0) is 18.5. The summed E-state index contributed by atoms with van der Waals surface area (Å²) in [7, 11) is 1.51. The second kappa shape index (κ2) is 8.03. The molecule has 0 saturated heterocycles. The van der Waals surface area contributed by atoms with E-state index in [-0.39, 0.29) is 5.91 Å². The number of hydrogen-bond donors (Lipinski definition) is 2. The highest BCUT2D eigenvalue weighted by atomic mass is 35.5. The van der Waals surface area contributed by atoms with E-state index >= 15 is 0 Å². The molecule has 0 fully saturated rings. The summed E-state index contributed by atoms with van der Waals surface area (Å²) in [5, 5.41) is 14.6. The molecule has 26 heavy (non-hydrogen) atoms. The second-order valence-electron chi connectivity index (χ2n) is 5.18. The summed E-state index contributed by atoms with van der Waals surface area (Å²) in [5.41, 5.74) is 0.942. The van der Waals surface area contributed by atoms with Gasteiger partial charge in [0.25, 0.3) is 5.91 Å². The molecule has 8 heteroatoms. The molecular weight excluding hydrogens is 375 g/mol. The van der Waals surface area contributed by atoms with E-state index in [1.54, 1.807) is 54.6 Å². The molecule has 0 saturated carbocycles. The highest BCUT2D eigenvalue weighted by molar-refractivity contribution is 6.39. The lowest BCUT2D eigenvalue weighted by atomic mass is 10.2. The number of hydrogen-bond acceptors (Lipinski definition) is 5. The molecule has 0 radical (unpaired) electrons. The molecule has 1 amide bonds. The van der Waals surface area contributed by atoms with E-state index < -0.39 is 0 Å². The van der Waals surface area contributed by atoms with Crippen LogP contribution in [-0.2, 0) is 0 Å². The number of amides is 1. The Balaban J connectivity index is 1.73. The van der Waals surface area contributed by atoms with Crippen LogP contribution in [0.15, 0.2) is 54.6 Å². The van der Waals surface area contributed by atoms with Crippen LogP contribution in [0.25, 0.3) is 0 Å². The molecule has 0 aliphatic rings. The molecule has 3 aromatic rings. The number of nitrogens with one attached hydrogen (secondary N) is 2. The standard InChI is InChI=1S/C18H14Cl2N4O2/c1-26-14-8-3-2-5-11(14)18(25)22-16-10-9-15(23-24-16)21-17-12(19)6-4-7-13(17)20/h2-10H,1H3,(H,21,23)(H,22,24,25). The highest BCUT2D eigenvalue weighted by Crippen LogP contribution is 2.31. The van der Waals surface area contributed by atoms with Crippen LogP contribution in [0.2, 0.25) is 10.0 Å². The Bertz CT molecular complexity index is 912. The summed E-state index contributed by atoms with van der Waals surface area (Å²) < 4.78 is 5.18. The van der Waals surface area contributed by atoms with Crippen LogP contribution >= 0.6 is 23.2 Å². The normalized spacial score (nSPS) is 10.3. The summed E-state index contributed by atoms with van der Waals surface area (Å²) in [4.78, 5) is 12.3. The molecule has 132 valence electrons. The number of carbonyl (C=O) groups excluding carboxylic acids is 1. The van der Waals surface area contributed by atoms with Crippen molar-refractivity contribution in [1.29, 1.82) is 0 Å². The lowest BCUT2D eigenvalue weighted by molar-refractivity contribution is 0.102. The minimum atomic E-state index is -0.341. The van der Waals surface area contributed by atoms with Crippen LogP contribution in [0, 0.1) is 0 Å². The molecule has 2 N–H and O–H groups in total. The maximum absolute atomic E-state index is 12.3. The molecule has 0 unspecified atom stereocenters. The first kappa shape index (κ1) is 18.0. The predicted octanol–water partition coefficient (Wildman–Crippen LogP) is 4.79. The van der Waals surface area contributed by atoms with Gasteiger partial charge in [0.2, 0.25) is 0 Å². The van der Waals surface area contributed by atoms with E-state index in [1.807, 2.05) is 0 Å². The monoisotopic (exact) mass is 388 g/mol. The van der Waals surface area contributed by atoms with Gasteiger partial charge in [0.1, 0.15) is 5.75 Å². The van der Waals surface area contributed by atoms with Gasteiger partial charge < -0.3 is 15.4 Å².